The third-order valence-corrected chi connectivity index (χ3v) is 6.31. The lowest BCUT2D eigenvalue weighted by Gasteiger charge is -2.20. The van der Waals surface area contributed by atoms with E-state index in [0.717, 1.165) is 27.6 Å². The molecular formula is C29H27N5O4. The Kier molecular flexibility index (Phi) is 6.50. The summed E-state index contributed by atoms with van der Waals surface area (Å²) in [7, 11) is 0. The van der Waals surface area contributed by atoms with Crippen LogP contribution in [0.1, 0.15) is 48.0 Å². The average molecular weight is 510 g/mol. The minimum absolute atomic E-state index is 0.0345. The van der Waals surface area contributed by atoms with Crippen molar-refractivity contribution in [2.75, 3.05) is 10.6 Å². The molecule has 1 atom stereocenters. The summed E-state index contributed by atoms with van der Waals surface area (Å²) in [6, 6.07) is 14.3. The Labute approximate surface area is 219 Å². The lowest BCUT2D eigenvalue weighted by molar-refractivity contribution is -0.116. The number of carboxylic acids is 1. The van der Waals surface area contributed by atoms with Gasteiger partial charge in [0.1, 0.15) is 5.69 Å². The Morgan fingerprint density at radius 2 is 1.87 bits per heavy atom. The molecule has 1 aliphatic heterocycles. The number of hydrogen-bond donors (Lipinski definition) is 4. The second-order valence-corrected chi connectivity index (χ2v) is 9.71. The first-order valence-corrected chi connectivity index (χ1v) is 12.3. The average Bonchev–Trinajstić information content (AvgIpc) is 3.03. The smallest absolute Gasteiger partial charge is 0.354 e. The molecule has 4 aromatic rings. The Balaban J connectivity index is 1.66. The van der Waals surface area contributed by atoms with Crippen LogP contribution < -0.4 is 16.0 Å². The van der Waals surface area contributed by atoms with Gasteiger partial charge in [0.15, 0.2) is 0 Å². The van der Waals surface area contributed by atoms with Gasteiger partial charge >= 0.3 is 5.97 Å². The molecule has 2 amide bonds. The number of carboxylic acid groups (broad SMARTS) is 1. The number of fused-ring (bicyclic) bond motifs is 2. The zero-order valence-electron chi connectivity index (χ0n) is 21.2. The third-order valence-electron chi connectivity index (χ3n) is 6.31. The van der Waals surface area contributed by atoms with E-state index in [2.05, 4.69) is 25.9 Å². The number of aromatic carboxylic acids is 1. The Hall–Kier alpha value is -4.79. The van der Waals surface area contributed by atoms with E-state index in [1.54, 1.807) is 18.3 Å². The van der Waals surface area contributed by atoms with Crippen LogP contribution in [0.5, 0.6) is 0 Å². The zero-order chi connectivity index (χ0) is 27.0. The second kappa shape index (κ2) is 9.93. The van der Waals surface area contributed by atoms with Crippen molar-refractivity contribution in [3.63, 3.8) is 0 Å². The molecule has 0 fully saturated rings. The molecule has 38 heavy (non-hydrogen) atoms. The number of aromatic nitrogens is 2. The van der Waals surface area contributed by atoms with Crippen LogP contribution in [0.4, 0.5) is 11.4 Å². The normalized spacial score (nSPS) is 14.8. The molecule has 0 saturated heterocycles. The van der Waals surface area contributed by atoms with E-state index >= 15 is 0 Å². The van der Waals surface area contributed by atoms with Gasteiger partial charge in [0, 0.05) is 53.0 Å². The van der Waals surface area contributed by atoms with Crippen LogP contribution in [-0.2, 0) is 4.79 Å². The molecule has 2 aromatic carbocycles. The summed E-state index contributed by atoms with van der Waals surface area (Å²) in [5.74, 6) is -1.44. The van der Waals surface area contributed by atoms with E-state index in [4.69, 9.17) is 5.11 Å². The molecule has 4 N–H and O–H groups in total. The topological polar surface area (TPSA) is 133 Å². The van der Waals surface area contributed by atoms with Crippen molar-refractivity contribution < 1.29 is 19.5 Å². The maximum absolute atomic E-state index is 13.0. The van der Waals surface area contributed by atoms with Gasteiger partial charge in [0.2, 0.25) is 5.91 Å². The van der Waals surface area contributed by atoms with E-state index in [9.17, 15) is 14.4 Å². The highest BCUT2D eigenvalue weighted by Crippen LogP contribution is 2.41. The van der Waals surface area contributed by atoms with Crippen LogP contribution in [-0.4, -0.2) is 44.9 Å². The number of rotatable bonds is 5. The van der Waals surface area contributed by atoms with Crippen LogP contribution in [0.2, 0.25) is 0 Å². The summed E-state index contributed by atoms with van der Waals surface area (Å²) in [5, 5.41) is 20.2. The minimum atomic E-state index is -1.09. The zero-order valence-corrected chi connectivity index (χ0v) is 21.2. The van der Waals surface area contributed by atoms with Crippen molar-refractivity contribution in [3.8, 4) is 22.4 Å². The fourth-order valence-corrected chi connectivity index (χ4v) is 4.60. The molecule has 0 aliphatic carbocycles. The molecule has 9 nitrogen and oxygen atoms in total. The van der Waals surface area contributed by atoms with Crippen molar-refractivity contribution in [1.82, 2.24) is 15.3 Å². The first-order valence-electron chi connectivity index (χ1n) is 12.3. The van der Waals surface area contributed by atoms with E-state index in [-0.39, 0.29) is 29.6 Å². The summed E-state index contributed by atoms with van der Waals surface area (Å²) < 4.78 is 0. The standard InChI is InChI=1S/C29H27N5O4/c1-15(2)32-28(36)19-10-21(27-25(12-19)34-26(35)9-16(3)33-27)20-6-4-5-17-11-24(31-14-22(17)20)18-7-8-23(29(37)38)30-13-18/h4-8,10-16,33H,9H2,1-3H3,(H,32,36)(H,34,35)(H,37,38). The van der Waals surface area contributed by atoms with Crippen LogP contribution in [0.3, 0.4) is 0 Å². The summed E-state index contributed by atoms with van der Waals surface area (Å²) in [4.78, 5) is 45.3. The molecule has 2 aromatic heterocycles. The van der Waals surface area contributed by atoms with Crippen molar-refractivity contribution in [3.05, 3.63) is 72.2 Å². The van der Waals surface area contributed by atoms with Crippen molar-refractivity contribution >= 4 is 39.9 Å². The minimum Gasteiger partial charge on any atom is -0.477 e. The van der Waals surface area contributed by atoms with Crippen molar-refractivity contribution in [2.24, 2.45) is 0 Å². The van der Waals surface area contributed by atoms with Gasteiger partial charge in [-0.2, -0.15) is 0 Å². The highest BCUT2D eigenvalue weighted by Gasteiger charge is 2.24. The molecule has 0 spiro atoms. The number of carbonyl (C=O) groups excluding carboxylic acids is 2. The van der Waals surface area contributed by atoms with Gasteiger partial charge in [-0.15, -0.1) is 0 Å². The fraction of sp³-hybridized carbons (Fsp3) is 0.207. The number of benzene rings is 2. The van der Waals surface area contributed by atoms with E-state index < -0.39 is 5.97 Å². The summed E-state index contributed by atoms with van der Waals surface area (Å²) >= 11 is 0. The summed E-state index contributed by atoms with van der Waals surface area (Å²) in [6.07, 6.45) is 3.56. The molecule has 0 radical (unpaired) electrons. The highest BCUT2D eigenvalue weighted by molar-refractivity contribution is 6.08. The van der Waals surface area contributed by atoms with Crippen LogP contribution in [0, 0.1) is 0 Å². The molecule has 9 heteroatoms. The predicted octanol–water partition coefficient (Wildman–Crippen LogP) is 4.94. The lowest BCUT2D eigenvalue weighted by Crippen LogP contribution is -2.30. The predicted molar refractivity (Wildman–Crippen MR) is 146 cm³/mol. The number of nitrogens with zero attached hydrogens (tertiary/aromatic N) is 2. The summed E-state index contributed by atoms with van der Waals surface area (Å²) in [6.45, 7) is 5.73. The van der Waals surface area contributed by atoms with Crippen LogP contribution in [0.25, 0.3) is 33.2 Å². The van der Waals surface area contributed by atoms with Gasteiger partial charge in [-0.3, -0.25) is 14.6 Å². The van der Waals surface area contributed by atoms with E-state index in [1.807, 2.05) is 51.1 Å². The first-order chi connectivity index (χ1) is 18.2. The number of nitrogens with one attached hydrogen (secondary N) is 3. The molecule has 3 heterocycles. The van der Waals surface area contributed by atoms with E-state index in [0.29, 0.717) is 28.9 Å². The van der Waals surface area contributed by atoms with Crippen molar-refractivity contribution in [2.45, 2.75) is 39.3 Å². The Morgan fingerprint density at radius 3 is 2.58 bits per heavy atom. The molecule has 5 rings (SSSR count). The van der Waals surface area contributed by atoms with Crippen LogP contribution >= 0.6 is 0 Å². The fourth-order valence-electron chi connectivity index (χ4n) is 4.60. The number of pyridine rings is 2. The van der Waals surface area contributed by atoms with Gasteiger partial charge in [-0.05, 0) is 62.1 Å². The molecule has 1 aliphatic rings. The maximum atomic E-state index is 13.0. The highest BCUT2D eigenvalue weighted by atomic mass is 16.4. The van der Waals surface area contributed by atoms with Gasteiger partial charge < -0.3 is 21.1 Å². The Morgan fingerprint density at radius 1 is 1.05 bits per heavy atom. The van der Waals surface area contributed by atoms with Crippen molar-refractivity contribution in [1.29, 1.82) is 0 Å². The third kappa shape index (κ3) is 4.90. The summed E-state index contributed by atoms with van der Waals surface area (Å²) in [5.41, 5.74) is 4.68. The number of carbonyl (C=O) groups is 3. The molecule has 0 saturated carbocycles. The number of anilines is 2. The SMILES string of the molecule is CC(C)NC(=O)c1cc2c(c(-c3cccc4cc(-c5ccc(C(=O)O)nc5)ncc34)c1)NC(C)CC(=O)N2. The quantitative estimate of drug-likeness (QED) is 0.299. The molecular weight excluding hydrogens is 482 g/mol. The molecule has 1 unspecified atom stereocenters. The monoisotopic (exact) mass is 509 g/mol. The maximum Gasteiger partial charge on any atom is 0.354 e. The number of hydrogen-bond acceptors (Lipinski definition) is 6. The van der Waals surface area contributed by atoms with Gasteiger partial charge in [0.05, 0.1) is 17.1 Å². The van der Waals surface area contributed by atoms with E-state index in [1.165, 1.54) is 12.3 Å². The van der Waals surface area contributed by atoms with Gasteiger partial charge in [-0.1, -0.05) is 18.2 Å². The number of amides is 2. The van der Waals surface area contributed by atoms with Gasteiger partial charge in [-0.25, -0.2) is 9.78 Å². The van der Waals surface area contributed by atoms with Gasteiger partial charge in [0.25, 0.3) is 5.91 Å². The first kappa shape index (κ1) is 24.9. The molecule has 192 valence electrons. The second-order valence-electron chi connectivity index (χ2n) is 9.71. The largest absolute Gasteiger partial charge is 0.477 e. The Bertz CT molecular complexity index is 1580. The lowest BCUT2D eigenvalue weighted by atomic mass is 9.94. The molecule has 0 bridgehead atoms. The van der Waals surface area contributed by atoms with Crippen LogP contribution in [0.15, 0.2) is 60.9 Å².